The molecule has 0 fully saturated rings. The van der Waals surface area contributed by atoms with Crippen LogP contribution in [-0.2, 0) is 4.84 Å². The van der Waals surface area contributed by atoms with Gasteiger partial charge < -0.3 is 10.6 Å². The molecule has 0 saturated heterocycles. The minimum atomic E-state index is -0.346. The number of carbonyl (C=O) groups is 1. The third-order valence-electron chi connectivity index (χ3n) is 3.69. The van der Waals surface area contributed by atoms with Gasteiger partial charge >= 0.3 is 0 Å². The lowest BCUT2D eigenvalue weighted by Crippen LogP contribution is -2.23. The molecule has 28 heavy (non-hydrogen) atoms. The van der Waals surface area contributed by atoms with E-state index in [1.54, 1.807) is 36.5 Å². The number of aryl methyl sites for hydroxylation is 1. The van der Waals surface area contributed by atoms with Crippen molar-refractivity contribution >= 4 is 29.0 Å². The zero-order valence-electron chi connectivity index (χ0n) is 15.5. The molecule has 3 N–H and O–H groups in total. The summed E-state index contributed by atoms with van der Waals surface area (Å²) in [5.41, 5.74) is 5.59. The zero-order valence-corrected chi connectivity index (χ0v) is 15.5. The maximum atomic E-state index is 12.1. The summed E-state index contributed by atoms with van der Waals surface area (Å²) >= 11 is 0. The average Bonchev–Trinajstić information content (AvgIpc) is 2.69. The number of carbonyl (C=O) groups excluding carboxylic acids is 1. The Labute approximate surface area is 163 Å². The SMILES string of the molecule is C=CCONC(=O)c1cccc(Nc2nccc(Nc3cccc(C)c3)n2)c1. The summed E-state index contributed by atoms with van der Waals surface area (Å²) in [6, 6.07) is 16.8. The van der Waals surface area contributed by atoms with E-state index in [9.17, 15) is 4.79 Å². The second kappa shape index (κ2) is 9.29. The number of rotatable bonds is 8. The smallest absolute Gasteiger partial charge is 0.274 e. The van der Waals surface area contributed by atoms with Gasteiger partial charge in [-0.1, -0.05) is 24.3 Å². The maximum absolute atomic E-state index is 12.1. The highest BCUT2D eigenvalue weighted by Gasteiger charge is 2.07. The van der Waals surface area contributed by atoms with Crippen LogP contribution in [0.15, 0.2) is 73.4 Å². The number of benzene rings is 2. The van der Waals surface area contributed by atoms with Crippen LogP contribution in [0.3, 0.4) is 0 Å². The lowest BCUT2D eigenvalue weighted by atomic mass is 10.2. The van der Waals surface area contributed by atoms with E-state index in [4.69, 9.17) is 4.84 Å². The number of hydroxylamine groups is 1. The molecular weight excluding hydrogens is 354 g/mol. The highest BCUT2D eigenvalue weighted by atomic mass is 16.6. The summed E-state index contributed by atoms with van der Waals surface area (Å²) in [6.07, 6.45) is 3.21. The lowest BCUT2D eigenvalue weighted by Gasteiger charge is -2.10. The van der Waals surface area contributed by atoms with E-state index in [1.165, 1.54) is 0 Å². The third-order valence-corrected chi connectivity index (χ3v) is 3.69. The molecule has 0 radical (unpaired) electrons. The molecule has 7 heteroatoms. The number of hydrogen-bond acceptors (Lipinski definition) is 6. The molecule has 7 nitrogen and oxygen atoms in total. The molecule has 142 valence electrons. The first-order chi connectivity index (χ1) is 13.6. The van der Waals surface area contributed by atoms with Gasteiger partial charge in [0, 0.05) is 23.1 Å². The van der Waals surface area contributed by atoms with Crippen LogP contribution in [0.4, 0.5) is 23.1 Å². The highest BCUT2D eigenvalue weighted by molar-refractivity contribution is 5.94. The Hall–Kier alpha value is -3.71. The molecule has 0 bridgehead atoms. The van der Waals surface area contributed by atoms with Crippen LogP contribution >= 0.6 is 0 Å². The highest BCUT2D eigenvalue weighted by Crippen LogP contribution is 2.19. The van der Waals surface area contributed by atoms with Crippen molar-refractivity contribution < 1.29 is 9.63 Å². The Balaban J connectivity index is 1.69. The van der Waals surface area contributed by atoms with E-state index >= 15 is 0 Å². The van der Waals surface area contributed by atoms with Gasteiger partial charge in [-0.05, 0) is 48.9 Å². The molecular formula is C21H21N5O2. The molecule has 0 aliphatic rings. The van der Waals surface area contributed by atoms with Crippen LogP contribution in [0, 0.1) is 6.92 Å². The van der Waals surface area contributed by atoms with Crippen molar-refractivity contribution in [2.45, 2.75) is 6.92 Å². The van der Waals surface area contributed by atoms with Gasteiger partial charge in [-0.15, -0.1) is 6.58 Å². The van der Waals surface area contributed by atoms with Crippen LogP contribution in [0.1, 0.15) is 15.9 Å². The van der Waals surface area contributed by atoms with E-state index in [2.05, 4.69) is 32.7 Å². The molecule has 0 aliphatic carbocycles. The third kappa shape index (κ3) is 5.39. The summed E-state index contributed by atoms with van der Waals surface area (Å²) in [5.74, 6) is 0.731. The lowest BCUT2D eigenvalue weighted by molar-refractivity contribution is 0.0421. The molecule has 2 aromatic carbocycles. The zero-order chi connectivity index (χ0) is 19.8. The predicted molar refractivity (Wildman–Crippen MR) is 110 cm³/mol. The van der Waals surface area contributed by atoms with E-state index in [-0.39, 0.29) is 12.5 Å². The number of amides is 1. The Morgan fingerprint density at radius 2 is 1.89 bits per heavy atom. The van der Waals surface area contributed by atoms with Crippen LogP contribution in [0.5, 0.6) is 0 Å². The molecule has 3 rings (SSSR count). The fraction of sp³-hybridized carbons (Fsp3) is 0.0952. The first kappa shape index (κ1) is 19.1. The van der Waals surface area contributed by atoms with Gasteiger partial charge in [0.05, 0.1) is 6.61 Å². The number of nitrogens with one attached hydrogen (secondary N) is 3. The van der Waals surface area contributed by atoms with Crippen LogP contribution < -0.4 is 16.1 Å². The van der Waals surface area contributed by atoms with Crippen molar-refractivity contribution in [1.82, 2.24) is 15.4 Å². The van der Waals surface area contributed by atoms with Gasteiger partial charge in [-0.3, -0.25) is 9.63 Å². The van der Waals surface area contributed by atoms with E-state index in [0.29, 0.717) is 23.0 Å². The maximum Gasteiger partial charge on any atom is 0.274 e. The van der Waals surface area contributed by atoms with Crippen LogP contribution in [-0.4, -0.2) is 22.5 Å². The molecule has 0 aliphatic heterocycles. The predicted octanol–water partition coefficient (Wildman–Crippen LogP) is 4.12. The number of hydrogen-bond donors (Lipinski definition) is 3. The van der Waals surface area contributed by atoms with Gasteiger partial charge in [0.15, 0.2) is 0 Å². The van der Waals surface area contributed by atoms with Gasteiger partial charge in [0.1, 0.15) is 5.82 Å². The second-order valence-corrected chi connectivity index (χ2v) is 6.00. The van der Waals surface area contributed by atoms with Gasteiger partial charge in [0.25, 0.3) is 5.91 Å². The first-order valence-electron chi connectivity index (χ1n) is 8.71. The van der Waals surface area contributed by atoms with Gasteiger partial charge in [-0.2, -0.15) is 4.98 Å². The van der Waals surface area contributed by atoms with Crippen LogP contribution in [0.2, 0.25) is 0 Å². The van der Waals surface area contributed by atoms with Crippen molar-refractivity contribution in [2.75, 3.05) is 17.2 Å². The van der Waals surface area contributed by atoms with Crippen molar-refractivity contribution in [3.63, 3.8) is 0 Å². The number of anilines is 4. The second-order valence-electron chi connectivity index (χ2n) is 6.00. The quantitative estimate of drug-likeness (QED) is 0.312. The fourth-order valence-corrected chi connectivity index (χ4v) is 2.45. The number of nitrogens with zero attached hydrogens (tertiary/aromatic N) is 2. The van der Waals surface area contributed by atoms with E-state index in [1.807, 2.05) is 37.3 Å². The van der Waals surface area contributed by atoms with E-state index < -0.39 is 0 Å². The summed E-state index contributed by atoms with van der Waals surface area (Å²) < 4.78 is 0. The Morgan fingerprint density at radius 3 is 2.68 bits per heavy atom. The average molecular weight is 375 g/mol. The summed E-state index contributed by atoms with van der Waals surface area (Å²) in [5, 5.41) is 6.35. The van der Waals surface area contributed by atoms with Gasteiger partial charge in [0.2, 0.25) is 5.95 Å². The molecule has 0 atom stereocenters. The normalized spacial score (nSPS) is 10.2. The Bertz CT molecular complexity index is 974. The van der Waals surface area contributed by atoms with Crippen LogP contribution in [0.25, 0.3) is 0 Å². The van der Waals surface area contributed by atoms with Crippen molar-refractivity contribution in [3.8, 4) is 0 Å². The van der Waals surface area contributed by atoms with Crippen molar-refractivity contribution in [3.05, 3.63) is 84.6 Å². The molecule has 1 heterocycles. The minimum absolute atomic E-state index is 0.234. The summed E-state index contributed by atoms with van der Waals surface area (Å²) in [4.78, 5) is 25.7. The molecule has 0 unspecified atom stereocenters. The van der Waals surface area contributed by atoms with Gasteiger partial charge in [-0.25, -0.2) is 10.5 Å². The monoisotopic (exact) mass is 375 g/mol. The molecule has 1 aromatic heterocycles. The Morgan fingerprint density at radius 1 is 1.11 bits per heavy atom. The van der Waals surface area contributed by atoms with Crippen molar-refractivity contribution in [2.24, 2.45) is 0 Å². The van der Waals surface area contributed by atoms with E-state index in [0.717, 1.165) is 11.3 Å². The minimum Gasteiger partial charge on any atom is -0.340 e. The standard InChI is InChI=1S/C21H21N5O2/c1-3-12-28-26-20(27)16-7-5-9-18(14-16)24-21-22-11-10-19(25-21)23-17-8-4-6-15(2)13-17/h3-11,13-14H,1,12H2,2H3,(H,26,27)(H2,22,23,24,25). The Kier molecular flexibility index (Phi) is 6.33. The molecule has 0 spiro atoms. The molecule has 3 aromatic rings. The first-order valence-corrected chi connectivity index (χ1v) is 8.71. The summed E-state index contributed by atoms with van der Waals surface area (Å²) in [7, 11) is 0. The van der Waals surface area contributed by atoms with Crippen molar-refractivity contribution in [1.29, 1.82) is 0 Å². The summed E-state index contributed by atoms with van der Waals surface area (Å²) in [6.45, 7) is 5.79. The fourth-order valence-electron chi connectivity index (χ4n) is 2.45. The molecule has 0 saturated carbocycles. The topological polar surface area (TPSA) is 88.2 Å². The largest absolute Gasteiger partial charge is 0.340 e. The molecule has 1 amide bonds. The number of aromatic nitrogens is 2.